The highest BCUT2D eigenvalue weighted by Crippen LogP contribution is 2.29. The fraction of sp³-hybridized carbons (Fsp3) is 0.444. The van der Waals surface area contributed by atoms with Crippen LogP contribution in [0.2, 0.25) is 0 Å². The Morgan fingerprint density at radius 1 is 0.500 bits per heavy atom. The minimum absolute atomic E-state index is 0.0244. The van der Waals surface area contributed by atoms with Gasteiger partial charge < -0.3 is 29.2 Å². The zero-order valence-corrected chi connectivity index (χ0v) is 21.4. The molecule has 1 aliphatic heterocycles. The van der Waals surface area contributed by atoms with Gasteiger partial charge in [-0.15, -0.1) is 0 Å². The highest BCUT2D eigenvalue weighted by atomic mass is 16.4. The van der Waals surface area contributed by atoms with Crippen molar-refractivity contribution in [1.82, 2.24) is 16.0 Å². The van der Waals surface area contributed by atoms with Crippen LogP contribution in [0.4, 0.5) is 0 Å². The van der Waals surface area contributed by atoms with Gasteiger partial charge in [0.2, 0.25) is 0 Å². The number of carbonyl (C=O) groups excluding carboxylic acids is 3. The molecule has 0 radical (unpaired) electrons. The van der Waals surface area contributed by atoms with Gasteiger partial charge in [0.05, 0.1) is 18.1 Å². The lowest BCUT2D eigenvalue weighted by Crippen LogP contribution is -2.33. The summed E-state index contributed by atoms with van der Waals surface area (Å²) in [6, 6.07) is 8.35. The molecule has 0 saturated carbocycles. The molecule has 1 aliphatic rings. The fourth-order valence-corrected chi connectivity index (χ4v) is 4.26. The van der Waals surface area contributed by atoms with Crippen LogP contribution in [-0.2, 0) is 0 Å². The molecule has 4 heterocycles. The van der Waals surface area contributed by atoms with Gasteiger partial charge in [0, 0.05) is 0 Å². The van der Waals surface area contributed by atoms with E-state index in [-0.39, 0.29) is 35.0 Å². The van der Waals surface area contributed by atoms with Gasteiger partial charge in [0.1, 0.15) is 17.3 Å². The largest absolute Gasteiger partial charge is 0.454 e. The number of furan rings is 3. The third-order valence-electron chi connectivity index (χ3n) is 6.33. The monoisotopic (exact) mass is 495 g/mol. The zero-order chi connectivity index (χ0) is 26.1. The van der Waals surface area contributed by atoms with E-state index in [0.717, 1.165) is 0 Å². The first-order valence-electron chi connectivity index (χ1n) is 12.3. The molecule has 0 spiro atoms. The van der Waals surface area contributed by atoms with E-state index >= 15 is 0 Å². The van der Waals surface area contributed by atoms with E-state index in [1.807, 2.05) is 41.5 Å². The van der Waals surface area contributed by atoms with Crippen LogP contribution in [0.25, 0.3) is 0 Å². The molecule has 6 bridgehead atoms. The molecule has 4 rings (SSSR count). The number of carbonyl (C=O) groups is 3. The predicted octanol–water partition coefficient (Wildman–Crippen LogP) is 5.16. The summed E-state index contributed by atoms with van der Waals surface area (Å²) in [5.74, 6) is 0.383. The maximum Gasteiger partial charge on any atom is 0.287 e. The highest BCUT2D eigenvalue weighted by Gasteiger charge is 2.30. The molecule has 3 aromatic rings. The van der Waals surface area contributed by atoms with Gasteiger partial charge in [-0.3, -0.25) is 14.4 Å². The summed E-state index contributed by atoms with van der Waals surface area (Å²) in [6.45, 7) is 11.7. The van der Waals surface area contributed by atoms with Crippen molar-refractivity contribution in [2.75, 3.05) is 0 Å². The Hall–Kier alpha value is -3.75. The van der Waals surface area contributed by atoms with E-state index in [9.17, 15) is 14.4 Å². The van der Waals surface area contributed by atoms with Crippen molar-refractivity contribution >= 4 is 17.7 Å². The molecule has 0 unspecified atom stereocenters. The predicted molar refractivity (Wildman–Crippen MR) is 131 cm³/mol. The first-order valence-corrected chi connectivity index (χ1v) is 12.3. The van der Waals surface area contributed by atoms with Crippen LogP contribution in [0, 0.1) is 17.8 Å². The number of hydrogen-bond donors (Lipinski definition) is 3. The molecule has 0 aliphatic carbocycles. The van der Waals surface area contributed by atoms with E-state index in [1.165, 1.54) is 0 Å². The van der Waals surface area contributed by atoms with E-state index in [1.54, 1.807) is 36.4 Å². The quantitative estimate of drug-likeness (QED) is 0.461. The van der Waals surface area contributed by atoms with Crippen molar-refractivity contribution in [3.8, 4) is 0 Å². The number of nitrogens with one attached hydrogen (secondary N) is 3. The fourth-order valence-electron chi connectivity index (χ4n) is 4.26. The lowest BCUT2D eigenvalue weighted by molar-refractivity contribution is 0.0866. The first kappa shape index (κ1) is 25.3. The topological polar surface area (TPSA) is 127 Å². The van der Waals surface area contributed by atoms with E-state index in [4.69, 9.17) is 13.3 Å². The highest BCUT2D eigenvalue weighted by molar-refractivity contribution is 5.93. The van der Waals surface area contributed by atoms with Crippen LogP contribution < -0.4 is 16.0 Å². The van der Waals surface area contributed by atoms with Crippen molar-refractivity contribution in [3.63, 3.8) is 0 Å². The maximum absolute atomic E-state index is 13.0. The summed E-state index contributed by atoms with van der Waals surface area (Å²) >= 11 is 0. The minimum atomic E-state index is -0.486. The second-order valence-electron chi connectivity index (χ2n) is 10.2. The summed E-state index contributed by atoms with van der Waals surface area (Å²) in [6.07, 6.45) is 0. The summed E-state index contributed by atoms with van der Waals surface area (Å²) in [4.78, 5) is 39.1. The normalized spacial score (nSPS) is 21.2. The minimum Gasteiger partial charge on any atom is -0.454 e. The SMILES string of the molecule is CC(C)[C@@H]1NC(=O)c2ccc(o2)[C@H](C(C)C)NC(=O)c2ccc(o2)[C@H](C(C)C)NC(=O)c2ccc1o2. The van der Waals surface area contributed by atoms with Crippen LogP contribution in [0.15, 0.2) is 49.6 Å². The summed E-state index contributed by atoms with van der Waals surface area (Å²) < 4.78 is 17.6. The van der Waals surface area contributed by atoms with E-state index < -0.39 is 35.8 Å². The molecular weight excluding hydrogens is 462 g/mol. The van der Waals surface area contributed by atoms with Gasteiger partial charge in [0.25, 0.3) is 17.7 Å². The van der Waals surface area contributed by atoms with Crippen LogP contribution in [0.1, 0.15) is 109 Å². The van der Waals surface area contributed by atoms with Crippen molar-refractivity contribution in [2.24, 2.45) is 17.8 Å². The molecular formula is C27H33N3O6. The molecule has 9 nitrogen and oxygen atoms in total. The Morgan fingerprint density at radius 2 is 0.750 bits per heavy atom. The molecule has 0 aromatic carbocycles. The zero-order valence-electron chi connectivity index (χ0n) is 21.4. The van der Waals surface area contributed by atoms with Gasteiger partial charge >= 0.3 is 0 Å². The van der Waals surface area contributed by atoms with Crippen LogP contribution >= 0.6 is 0 Å². The summed E-state index contributed by atoms with van der Waals surface area (Å²) in [7, 11) is 0. The molecule has 0 fully saturated rings. The number of fused-ring (bicyclic) bond motifs is 6. The van der Waals surface area contributed by atoms with Gasteiger partial charge in [-0.2, -0.15) is 0 Å². The van der Waals surface area contributed by atoms with E-state index in [0.29, 0.717) is 17.3 Å². The van der Waals surface area contributed by atoms with E-state index in [2.05, 4.69) is 16.0 Å². The number of rotatable bonds is 3. The lowest BCUT2D eigenvalue weighted by Gasteiger charge is -2.22. The molecule has 3 amide bonds. The number of hydrogen-bond acceptors (Lipinski definition) is 6. The van der Waals surface area contributed by atoms with Crippen molar-refractivity contribution in [2.45, 2.75) is 59.7 Å². The Bertz CT molecular complexity index is 1100. The standard InChI is InChI=1S/C27H33N3O6/c1-13(2)22-16-7-10-20(34-16)26(32)29-24(15(5)6)18-9-12-21(36-18)27(33)30-23(14(3)4)17-8-11-19(35-17)25(31)28-22/h7-15,22-24H,1-6H3,(H,28,31)(H,29,32)(H,30,33)/t22-,23-,24-/m0/s1. The number of amides is 3. The summed E-state index contributed by atoms with van der Waals surface area (Å²) in [5, 5.41) is 8.84. The molecule has 9 heteroatoms. The lowest BCUT2D eigenvalue weighted by atomic mass is 10.0. The second kappa shape index (κ2) is 10.1. The van der Waals surface area contributed by atoms with Crippen molar-refractivity contribution in [1.29, 1.82) is 0 Å². The Morgan fingerprint density at radius 3 is 0.972 bits per heavy atom. The Kier molecular flexibility index (Phi) is 7.10. The summed E-state index contributed by atoms with van der Waals surface area (Å²) in [5.41, 5.74) is 0. The molecule has 3 aromatic heterocycles. The first-order chi connectivity index (χ1) is 17.0. The van der Waals surface area contributed by atoms with Gasteiger partial charge in [0.15, 0.2) is 17.3 Å². The average Bonchev–Trinajstić information content (AvgIpc) is 3.58. The average molecular weight is 496 g/mol. The van der Waals surface area contributed by atoms with Crippen molar-refractivity contribution in [3.05, 3.63) is 71.0 Å². The van der Waals surface area contributed by atoms with Crippen LogP contribution in [0.3, 0.4) is 0 Å². The van der Waals surface area contributed by atoms with Crippen molar-refractivity contribution < 1.29 is 27.6 Å². The molecule has 36 heavy (non-hydrogen) atoms. The molecule has 3 atom stereocenters. The molecule has 0 saturated heterocycles. The van der Waals surface area contributed by atoms with Gasteiger partial charge in [-0.25, -0.2) is 0 Å². The third kappa shape index (κ3) is 5.10. The third-order valence-corrected chi connectivity index (χ3v) is 6.33. The van der Waals surface area contributed by atoms with Gasteiger partial charge in [-0.1, -0.05) is 41.5 Å². The Labute approximate surface area is 210 Å². The molecule has 3 N–H and O–H groups in total. The Balaban J connectivity index is 1.78. The maximum atomic E-state index is 13.0. The van der Waals surface area contributed by atoms with Crippen LogP contribution in [-0.4, -0.2) is 17.7 Å². The second-order valence-corrected chi connectivity index (χ2v) is 10.2. The molecule has 192 valence electrons. The van der Waals surface area contributed by atoms with Crippen LogP contribution in [0.5, 0.6) is 0 Å². The van der Waals surface area contributed by atoms with Gasteiger partial charge in [-0.05, 0) is 54.2 Å². The smallest absolute Gasteiger partial charge is 0.287 e.